The van der Waals surface area contributed by atoms with Crippen molar-refractivity contribution in [3.05, 3.63) is 42.0 Å². The van der Waals surface area contributed by atoms with Gasteiger partial charge >= 0.3 is 0 Å². The Bertz CT molecular complexity index is 465. The molecule has 1 heterocycles. The van der Waals surface area contributed by atoms with Gasteiger partial charge in [-0.3, -0.25) is 0 Å². The average Bonchev–Trinajstić information content (AvgIpc) is 2.84. The number of nitrogens with zero attached hydrogens (tertiary/aromatic N) is 3. The highest BCUT2D eigenvalue weighted by Crippen LogP contribution is 2.13. The Labute approximate surface area is 99.7 Å². The first kappa shape index (κ1) is 11.6. The number of rotatable bonds is 5. The second-order valence-corrected chi connectivity index (χ2v) is 3.58. The summed E-state index contributed by atoms with van der Waals surface area (Å²) in [6.07, 6.45) is 1.52. The van der Waals surface area contributed by atoms with E-state index in [9.17, 15) is 0 Å². The van der Waals surface area contributed by atoms with E-state index in [0.717, 1.165) is 23.7 Å². The van der Waals surface area contributed by atoms with Crippen LogP contribution in [0.5, 0.6) is 5.75 Å². The van der Waals surface area contributed by atoms with Crippen molar-refractivity contribution in [2.24, 2.45) is 0 Å². The van der Waals surface area contributed by atoms with Crippen molar-refractivity contribution >= 4 is 0 Å². The molecule has 17 heavy (non-hydrogen) atoms. The number of ether oxygens (including phenoxy) is 1. The summed E-state index contributed by atoms with van der Waals surface area (Å²) in [6.45, 7) is 3.23. The van der Waals surface area contributed by atoms with Gasteiger partial charge in [0.15, 0.2) is 5.82 Å². The topological polar surface area (TPSA) is 60.2 Å². The van der Waals surface area contributed by atoms with Crippen molar-refractivity contribution < 1.29 is 9.84 Å². The monoisotopic (exact) mass is 233 g/mol. The maximum absolute atomic E-state index is 8.91. The standard InChI is InChI=1S/C12H15N3O2/c1-2-15-12(13-9-14-15)8-17-11-5-3-10(7-16)4-6-11/h3-6,9,16H,2,7-8H2,1H3. The molecule has 0 aliphatic heterocycles. The molecule has 0 spiro atoms. The molecular weight excluding hydrogens is 218 g/mol. The molecule has 0 radical (unpaired) electrons. The fourth-order valence-corrected chi connectivity index (χ4v) is 1.50. The maximum atomic E-state index is 8.91. The van der Waals surface area contributed by atoms with Gasteiger partial charge in [-0.2, -0.15) is 5.10 Å². The lowest BCUT2D eigenvalue weighted by Gasteiger charge is -2.06. The third-order valence-electron chi connectivity index (χ3n) is 2.47. The van der Waals surface area contributed by atoms with Gasteiger partial charge in [0.1, 0.15) is 18.7 Å². The van der Waals surface area contributed by atoms with Crippen molar-refractivity contribution in [1.82, 2.24) is 14.8 Å². The summed E-state index contributed by atoms with van der Waals surface area (Å²) >= 11 is 0. The van der Waals surface area contributed by atoms with E-state index < -0.39 is 0 Å². The third kappa shape index (κ3) is 2.82. The summed E-state index contributed by atoms with van der Waals surface area (Å²) in [5.41, 5.74) is 0.870. The molecule has 0 atom stereocenters. The Hall–Kier alpha value is -1.88. The number of benzene rings is 1. The Kier molecular flexibility index (Phi) is 3.72. The van der Waals surface area contributed by atoms with Crippen LogP contribution in [0.25, 0.3) is 0 Å². The molecule has 5 nitrogen and oxygen atoms in total. The van der Waals surface area contributed by atoms with Crippen LogP contribution in [0.15, 0.2) is 30.6 Å². The Balaban J connectivity index is 1.97. The fourth-order valence-electron chi connectivity index (χ4n) is 1.50. The molecule has 0 fully saturated rings. The molecule has 90 valence electrons. The quantitative estimate of drug-likeness (QED) is 0.847. The maximum Gasteiger partial charge on any atom is 0.164 e. The Morgan fingerprint density at radius 3 is 2.71 bits per heavy atom. The third-order valence-corrected chi connectivity index (χ3v) is 2.47. The van der Waals surface area contributed by atoms with Crippen LogP contribution >= 0.6 is 0 Å². The smallest absolute Gasteiger partial charge is 0.164 e. The summed E-state index contributed by atoms with van der Waals surface area (Å²) < 4.78 is 7.38. The fraction of sp³-hybridized carbons (Fsp3) is 0.333. The number of aliphatic hydroxyl groups excluding tert-OH is 1. The van der Waals surface area contributed by atoms with Crippen molar-refractivity contribution in [2.45, 2.75) is 26.7 Å². The van der Waals surface area contributed by atoms with Crippen LogP contribution < -0.4 is 4.74 Å². The van der Waals surface area contributed by atoms with Gasteiger partial charge in [0, 0.05) is 6.54 Å². The lowest BCUT2D eigenvalue weighted by atomic mass is 10.2. The second kappa shape index (κ2) is 5.45. The van der Waals surface area contributed by atoms with Gasteiger partial charge in [0.2, 0.25) is 0 Å². The van der Waals surface area contributed by atoms with E-state index in [1.807, 2.05) is 31.2 Å². The van der Waals surface area contributed by atoms with Crippen molar-refractivity contribution in [3.8, 4) is 5.75 Å². The predicted octanol–water partition coefficient (Wildman–Crippen LogP) is 1.37. The van der Waals surface area contributed by atoms with Gasteiger partial charge in [-0.25, -0.2) is 9.67 Å². The summed E-state index contributed by atoms with van der Waals surface area (Å²) in [5, 5.41) is 13.0. The minimum absolute atomic E-state index is 0.0461. The zero-order valence-corrected chi connectivity index (χ0v) is 9.71. The van der Waals surface area contributed by atoms with E-state index in [0.29, 0.717) is 6.61 Å². The highest BCUT2D eigenvalue weighted by Gasteiger charge is 2.03. The van der Waals surface area contributed by atoms with Crippen molar-refractivity contribution in [1.29, 1.82) is 0 Å². The van der Waals surface area contributed by atoms with Crippen LogP contribution in [-0.4, -0.2) is 19.9 Å². The van der Waals surface area contributed by atoms with Gasteiger partial charge in [0.05, 0.1) is 6.61 Å². The van der Waals surface area contributed by atoms with Crippen LogP contribution in [0.3, 0.4) is 0 Å². The molecule has 1 aromatic heterocycles. The van der Waals surface area contributed by atoms with E-state index in [2.05, 4.69) is 10.1 Å². The van der Waals surface area contributed by atoms with Crippen LogP contribution in [0.1, 0.15) is 18.3 Å². The van der Waals surface area contributed by atoms with E-state index in [1.54, 1.807) is 4.68 Å². The van der Waals surface area contributed by atoms with E-state index in [4.69, 9.17) is 9.84 Å². The molecule has 1 aromatic carbocycles. The summed E-state index contributed by atoms with van der Waals surface area (Å²) in [4.78, 5) is 4.12. The Morgan fingerprint density at radius 1 is 1.29 bits per heavy atom. The molecular formula is C12H15N3O2. The number of aliphatic hydroxyl groups is 1. The molecule has 0 unspecified atom stereocenters. The highest BCUT2D eigenvalue weighted by molar-refractivity contribution is 5.26. The summed E-state index contributed by atoms with van der Waals surface area (Å²) in [5.74, 6) is 1.56. The second-order valence-electron chi connectivity index (χ2n) is 3.58. The largest absolute Gasteiger partial charge is 0.486 e. The normalized spacial score (nSPS) is 10.5. The first-order valence-corrected chi connectivity index (χ1v) is 5.52. The summed E-state index contributed by atoms with van der Waals surface area (Å²) in [7, 11) is 0. The minimum atomic E-state index is 0.0461. The lowest BCUT2D eigenvalue weighted by Crippen LogP contribution is -2.07. The lowest BCUT2D eigenvalue weighted by molar-refractivity contribution is 0.278. The number of hydrogen-bond acceptors (Lipinski definition) is 4. The minimum Gasteiger partial charge on any atom is -0.486 e. The molecule has 2 aromatic rings. The zero-order valence-electron chi connectivity index (χ0n) is 9.71. The highest BCUT2D eigenvalue weighted by atomic mass is 16.5. The van der Waals surface area contributed by atoms with Gasteiger partial charge < -0.3 is 9.84 Å². The number of aromatic nitrogens is 3. The van der Waals surface area contributed by atoms with E-state index >= 15 is 0 Å². The first-order chi connectivity index (χ1) is 8.33. The van der Waals surface area contributed by atoms with Gasteiger partial charge in [-0.15, -0.1) is 0 Å². The van der Waals surface area contributed by atoms with Crippen molar-refractivity contribution in [3.63, 3.8) is 0 Å². The molecule has 0 saturated carbocycles. The molecule has 0 aliphatic carbocycles. The van der Waals surface area contributed by atoms with Crippen molar-refractivity contribution in [2.75, 3.05) is 0 Å². The molecule has 5 heteroatoms. The van der Waals surface area contributed by atoms with Gasteiger partial charge in [-0.05, 0) is 24.6 Å². The van der Waals surface area contributed by atoms with Crippen LogP contribution in [0.4, 0.5) is 0 Å². The predicted molar refractivity (Wildman–Crippen MR) is 62.4 cm³/mol. The molecule has 2 rings (SSSR count). The first-order valence-electron chi connectivity index (χ1n) is 5.52. The van der Waals surface area contributed by atoms with Crippen LogP contribution in [0, 0.1) is 0 Å². The van der Waals surface area contributed by atoms with E-state index in [-0.39, 0.29) is 6.61 Å². The number of hydrogen-bond donors (Lipinski definition) is 1. The zero-order chi connectivity index (χ0) is 12.1. The van der Waals surface area contributed by atoms with Crippen LogP contribution in [-0.2, 0) is 19.8 Å². The number of aryl methyl sites for hydroxylation is 1. The summed E-state index contributed by atoms with van der Waals surface area (Å²) in [6, 6.07) is 7.33. The van der Waals surface area contributed by atoms with Gasteiger partial charge in [-0.1, -0.05) is 12.1 Å². The van der Waals surface area contributed by atoms with Crippen LogP contribution in [0.2, 0.25) is 0 Å². The molecule has 0 aliphatic rings. The molecule has 0 amide bonds. The Morgan fingerprint density at radius 2 is 2.06 bits per heavy atom. The molecule has 0 bridgehead atoms. The molecule has 0 saturated heterocycles. The average molecular weight is 233 g/mol. The van der Waals surface area contributed by atoms with Gasteiger partial charge in [0.25, 0.3) is 0 Å². The van der Waals surface area contributed by atoms with E-state index in [1.165, 1.54) is 6.33 Å². The molecule has 1 N–H and O–H groups in total. The SMILES string of the molecule is CCn1ncnc1COc1ccc(CO)cc1.